The Kier molecular flexibility index (Phi) is 9.92. The summed E-state index contributed by atoms with van der Waals surface area (Å²) in [6.45, 7) is 5.32. The zero-order valence-corrected chi connectivity index (χ0v) is 20.4. The fourth-order valence-corrected chi connectivity index (χ4v) is 4.46. The maximum atomic E-state index is 12.5. The molecule has 2 rings (SSSR count). The van der Waals surface area contributed by atoms with Crippen molar-refractivity contribution >= 4 is 22.0 Å². The lowest BCUT2D eigenvalue weighted by atomic mass is 9.88. The van der Waals surface area contributed by atoms with Gasteiger partial charge in [0, 0.05) is 13.3 Å². The van der Waals surface area contributed by atoms with E-state index in [2.05, 4.69) is 11.9 Å². The molecule has 0 spiro atoms. The Hall–Kier alpha value is -2.39. The summed E-state index contributed by atoms with van der Waals surface area (Å²) >= 11 is 0. The second-order valence-electron chi connectivity index (χ2n) is 8.03. The smallest absolute Gasteiger partial charge is 0.366 e. The van der Waals surface area contributed by atoms with E-state index in [0.717, 1.165) is 19.6 Å². The molecule has 0 saturated carbocycles. The van der Waals surface area contributed by atoms with Crippen LogP contribution in [0.5, 0.6) is 0 Å². The van der Waals surface area contributed by atoms with Crippen molar-refractivity contribution in [2.24, 2.45) is 0 Å². The number of aliphatic hydroxyl groups is 3. The molecule has 0 radical (unpaired) electrons. The van der Waals surface area contributed by atoms with Crippen molar-refractivity contribution in [3.05, 3.63) is 42.5 Å². The van der Waals surface area contributed by atoms with Crippen LogP contribution in [-0.2, 0) is 38.1 Å². The lowest BCUT2D eigenvalue weighted by Crippen LogP contribution is -2.68. The van der Waals surface area contributed by atoms with Crippen molar-refractivity contribution in [1.29, 1.82) is 0 Å². The molecule has 1 amide bonds. The number of carbonyl (C=O) groups is 2. The molecule has 6 atom stereocenters. The third-order valence-electron chi connectivity index (χ3n) is 5.31. The van der Waals surface area contributed by atoms with E-state index >= 15 is 0 Å². The predicted octanol–water partition coefficient (Wildman–Crippen LogP) is -0.851. The van der Waals surface area contributed by atoms with E-state index in [1.807, 2.05) is 0 Å². The number of aryl methyl sites for hydroxylation is 1. The van der Waals surface area contributed by atoms with E-state index in [4.69, 9.17) is 18.4 Å². The number of hydrogen-bond acceptors (Lipinski definition) is 11. The summed E-state index contributed by atoms with van der Waals surface area (Å²) in [6.07, 6.45) is -6.10. The predicted molar refractivity (Wildman–Crippen MR) is 120 cm³/mol. The molecule has 0 aromatic heterocycles. The Morgan fingerprint density at radius 2 is 1.94 bits per heavy atom. The molecular formula is C22H31NO11S. The summed E-state index contributed by atoms with van der Waals surface area (Å²) in [7, 11) is -3.22. The summed E-state index contributed by atoms with van der Waals surface area (Å²) in [5, 5.41) is 34.4. The summed E-state index contributed by atoms with van der Waals surface area (Å²) in [5.41, 5.74) is 0.823. The van der Waals surface area contributed by atoms with E-state index < -0.39 is 71.3 Å². The first kappa shape index (κ1) is 28.8. The highest BCUT2D eigenvalue weighted by Crippen LogP contribution is 2.34. The standard InChI is InChI=1S/C22H31NO11S/c1-5-10-32-22(21(28)31-4)11-16(25)18(23-14(3)24)20(34-22)19(27)17(26)12-33-35(29,30)15-8-6-13(2)7-9-15/h5-9,16-20,25-27H,1,10-12H2,2-4H3,(H,23,24)/t16-,17+,18+,19+,20+,22+/m0/s1. The van der Waals surface area contributed by atoms with Crippen LogP contribution in [0.25, 0.3) is 0 Å². The number of benzene rings is 1. The zero-order chi connectivity index (χ0) is 26.4. The molecule has 0 bridgehead atoms. The second kappa shape index (κ2) is 12.0. The van der Waals surface area contributed by atoms with Crippen LogP contribution in [0.1, 0.15) is 18.9 Å². The van der Waals surface area contributed by atoms with Crippen molar-refractivity contribution in [3.63, 3.8) is 0 Å². The van der Waals surface area contributed by atoms with Gasteiger partial charge in [0.25, 0.3) is 15.9 Å². The average Bonchev–Trinajstić information content (AvgIpc) is 2.81. The molecule has 1 aliphatic rings. The molecule has 1 aromatic rings. The van der Waals surface area contributed by atoms with Crippen LogP contribution < -0.4 is 5.32 Å². The fourth-order valence-electron chi connectivity index (χ4n) is 3.54. The van der Waals surface area contributed by atoms with Crippen molar-refractivity contribution in [3.8, 4) is 0 Å². The lowest BCUT2D eigenvalue weighted by molar-refractivity contribution is -0.309. The normalized spacial score (nSPS) is 26.4. The maximum absolute atomic E-state index is 12.5. The molecule has 0 aliphatic carbocycles. The third kappa shape index (κ3) is 7.07. The molecule has 13 heteroatoms. The van der Waals surface area contributed by atoms with Gasteiger partial charge in [0.2, 0.25) is 5.91 Å². The molecule has 35 heavy (non-hydrogen) atoms. The number of hydrogen-bond donors (Lipinski definition) is 4. The topological polar surface area (TPSA) is 178 Å². The number of aliphatic hydroxyl groups excluding tert-OH is 3. The Labute approximate surface area is 203 Å². The SMILES string of the molecule is C=CCO[C@]1(C(=O)OC)C[C@H](O)[C@@H](NC(C)=O)[C@H]([C@H](O)[C@H](O)COS(=O)(=O)c2ccc(C)cc2)O1. The Balaban J connectivity index is 2.28. The van der Waals surface area contributed by atoms with Crippen LogP contribution in [-0.4, -0.2) is 92.2 Å². The van der Waals surface area contributed by atoms with Crippen LogP contribution in [0.2, 0.25) is 0 Å². The van der Waals surface area contributed by atoms with Gasteiger partial charge in [0.1, 0.15) is 18.3 Å². The molecular weight excluding hydrogens is 486 g/mol. The number of rotatable bonds is 11. The monoisotopic (exact) mass is 517 g/mol. The second-order valence-corrected chi connectivity index (χ2v) is 9.65. The number of nitrogens with one attached hydrogen (secondary N) is 1. The van der Waals surface area contributed by atoms with Crippen molar-refractivity contribution in [1.82, 2.24) is 5.32 Å². The summed E-state index contributed by atoms with van der Waals surface area (Å²) in [4.78, 5) is 24.0. The number of ether oxygens (including phenoxy) is 3. The molecule has 12 nitrogen and oxygen atoms in total. The number of esters is 1. The van der Waals surface area contributed by atoms with Crippen LogP contribution in [0.4, 0.5) is 0 Å². The minimum Gasteiger partial charge on any atom is -0.465 e. The lowest BCUT2D eigenvalue weighted by Gasteiger charge is -2.46. The van der Waals surface area contributed by atoms with Gasteiger partial charge in [-0.3, -0.25) is 8.98 Å². The molecule has 0 unspecified atom stereocenters. The van der Waals surface area contributed by atoms with Crippen LogP contribution in [0.15, 0.2) is 41.8 Å². The van der Waals surface area contributed by atoms with Gasteiger partial charge in [0.05, 0.1) is 37.4 Å². The molecule has 1 aromatic carbocycles. The first-order valence-corrected chi connectivity index (χ1v) is 12.1. The number of methoxy groups -OCH3 is 1. The van der Waals surface area contributed by atoms with Crippen LogP contribution in [0.3, 0.4) is 0 Å². The molecule has 1 saturated heterocycles. The highest BCUT2D eigenvalue weighted by Gasteiger charge is 2.56. The fraction of sp³-hybridized carbons (Fsp3) is 0.545. The van der Waals surface area contributed by atoms with Gasteiger partial charge >= 0.3 is 5.97 Å². The van der Waals surface area contributed by atoms with E-state index in [1.165, 1.54) is 18.2 Å². The Morgan fingerprint density at radius 3 is 2.49 bits per heavy atom. The maximum Gasteiger partial charge on any atom is 0.366 e. The van der Waals surface area contributed by atoms with Crippen molar-refractivity contribution in [2.75, 3.05) is 20.3 Å². The molecule has 1 aliphatic heterocycles. The molecule has 1 heterocycles. The molecule has 4 N–H and O–H groups in total. The van der Waals surface area contributed by atoms with Crippen LogP contribution in [0, 0.1) is 6.92 Å². The zero-order valence-electron chi connectivity index (χ0n) is 19.6. The number of amides is 1. The van der Waals surface area contributed by atoms with Gasteiger partial charge in [0.15, 0.2) is 0 Å². The summed E-state index contributed by atoms with van der Waals surface area (Å²) < 4.78 is 45.6. The van der Waals surface area contributed by atoms with Crippen LogP contribution >= 0.6 is 0 Å². The number of carbonyl (C=O) groups excluding carboxylic acids is 2. The van der Waals surface area contributed by atoms with Crippen molar-refractivity contribution < 1.29 is 51.7 Å². The highest BCUT2D eigenvalue weighted by atomic mass is 32.2. The van der Waals surface area contributed by atoms with Gasteiger partial charge < -0.3 is 34.8 Å². The van der Waals surface area contributed by atoms with Gasteiger partial charge in [-0.1, -0.05) is 23.8 Å². The third-order valence-corrected chi connectivity index (χ3v) is 6.60. The Morgan fingerprint density at radius 1 is 1.31 bits per heavy atom. The average molecular weight is 518 g/mol. The van der Waals surface area contributed by atoms with Gasteiger partial charge in [-0.15, -0.1) is 6.58 Å². The highest BCUT2D eigenvalue weighted by molar-refractivity contribution is 7.86. The Bertz CT molecular complexity index is 997. The van der Waals surface area contributed by atoms with Crippen molar-refractivity contribution in [2.45, 2.75) is 61.4 Å². The van der Waals surface area contributed by atoms with E-state index in [9.17, 15) is 33.3 Å². The molecule has 1 fully saturated rings. The quantitative estimate of drug-likeness (QED) is 0.163. The van der Waals surface area contributed by atoms with Gasteiger partial charge in [-0.05, 0) is 19.1 Å². The summed E-state index contributed by atoms with van der Waals surface area (Å²) in [5.74, 6) is -3.83. The first-order chi connectivity index (χ1) is 16.4. The van der Waals surface area contributed by atoms with E-state index in [-0.39, 0.29) is 11.5 Å². The van der Waals surface area contributed by atoms with Gasteiger partial charge in [-0.2, -0.15) is 8.42 Å². The van der Waals surface area contributed by atoms with E-state index in [1.54, 1.807) is 19.1 Å². The minimum absolute atomic E-state index is 0.159. The minimum atomic E-state index is -4.27. The van der Waals surface area contributed by atoms with E-state index in [0.29, 0.717) is 0 Å². The van der Waals surface area contributed by atoms with Gasteiger partial charge in [-0.25, -0.2) is 4.79 Å². The molecule has 196 valence electrons. The largest absolute Gasteiger partial charge is 0.465 e. The summed E-state index contributed by atoms with van der Waals surface area (Å²) in [6, 6.07) is 4.47. The first-order valence-electron chi connectivity index (χ1n) is 10.7.